The molecule has 1 atom stereocenters. The molecule has 0 saturated carbocycles. The lowest BCUT2D eigenvalue weighted by Crippen LogP contribution is -2.35. The van der Waals surface area contributed by atoms with Crippen LogP contribution >= 0.6 is 11.6 Å². The minimum absolute atomic E-state index is 0.177. The molecule has 0 radical (unpaired) electrons. The maximum absolute atomic E-state index is 13.4. The van der Waals surface area contributed by atoms with E-state index in [9.17, 15) is 8.42 Å². The summed E-state index contributed by atoms with van der Waals surface area (Å²) in [5, 5.41) is 3.73. The van der Waals surface area contributed by atoms with Crippen LogP contribution in [0.25, 0.3) is 22.3 Å². The monoisotopic (exact) mass is 496 g/mol. The molecule has 1 unspecified atom stereocenters. The van der Waals surface area contributed by atoms with Gasteiger partial charge in [-0.05, 0) is 62.2 Å². The van der Waals surface area contributed by atoms with Gasteiger partial charge in [0.05, 0.1) is 4.90 Å². The third-order valence-corrected chi connectivity index (χ3v) is 7.95. The molecule has 1 fully saturated rings. The van der Waals surface area contributed by atoms with Crippen molar-refractivity contribution in [3.8, 4) is 11.1 Å². The fourth-order valence-corrected chi connectivity index (χ4v) is 6.00. The molecule has 10 heteroatoms. The smallest absolute Gasteiger partial charge is 0.269 e. The first-order valence-electron chi connectivity index (χ1n) is 11.1. The largest absolute Gasteiger partial charge is 0.370 e. The Kier molecular flexibility index (Phi) is 6.24. The molecule has 1 aliphatic heterocycles. The van der Waals surface area contributed by atoms with Crippen LogP contribution in [0.2, 0.25) is 5.15 Å². The Hall–Kier alpha value is -3.01. The predicted octanol–water partition coefficient (Wildman–Crippen LogP) is 4.14. The van der Waals surface area contributed by atoms with E-state index in [-0.39, 0.29) is 10.5 Å². The summed E-state index contributed by atoms with van der Waals surface area (Å²) < 4.78 is 27.9. The predicted molar refractivity (Wildman–Crippen MR) is 134 cm³/mol. The lowest BCUT2D eigenvalue weighted by atomic mass is 9.98. The van der Waals surface area contributed by atoms with Crippen molar-refractivity contribution in [1.82, 2.24) is 23.8 Å². The zero-order chi connectivity index (χ0) is 23.7. The maximum atomic E-state index is 13.4. The number of halogens is 1. The molecule has 0 aliphatic carbocycles. The Labute approximate surface area is 203 Å². The number of nitrogens with zero attached hydrogens (tertiary/aromatic N) is 5. The molecule has 8 nitrogen and oxygen atoms in total. The number of pyridine rings is 1. The molecule has 1 aromatic carbocycles. The van der Waals surface area contributed by atoms with Gasteiger partial charge in [0.15, 0.2) is 5.65 Å². The molecule has 4 aromatic rings. The molecule has 1 aliphatic rings. The first kappa shape index (κ1) is 22.8. The average Bonchev–Trinajstić information content (AvgIpc) is 3.24. The molecule has 0 amide bonds. The summed E-state index contributed by atoms with van der Waals surface area (Å²) in [5.74, 6) is 1.18. The molecule has 5 rings (SSSR count). The Morgan fingerprint density at radius 3 is 2.74 bits per heavy atom. The standard InChI is InChI=1S/C24H25ClN6O2S/c1-30-11-5-6-17(15-30)14-28-22-13-18(12-21(25)29-22)20-16-31(24-23(20)26-9-10-27-24)34(32,33)19-7-3-2-4-8-19/h2-4,7-10,12-13,16-17H,5-6,11,14-15H2,1H3,(H,28,29). The first-order valence-corrected chi connectivity index (χ1v) is 13.0. The van der Waals surface area contributed by atoms with Crippen LogP contribution in [0.5, 0.6) is 0 Å². The van der Waals surface area contributed by atoms with E-state index in [0.29, 0.717) is 28.0 Å². The van der Waals surface area contributed by atoms with Gasteiger partial charge < -0.3 is 10.2 Å². The number of aromatic nitrogens is 4. The van der Waals surface area contributed by atoms with E-state index in [1.165, 1.54) is 23.0 Å². The number of hydrogen-bond donors (Lipinski definition) is 1. The SMILES string of the molecule is CN1CCCC(CNc2cc(-c3cn(S(=O)(=O)c4ccccc4)c4nccnc34)cc(Cl)n2)C1. The number of likely N-dealkylation sites (tertiary alicyclic amines) is 1. The summed E-state index contributed by atoms with van der Waals surface area (Å²) in [7, 11) is -1.72. The normalized spacial score (nSPS) is 17.2. The van der Waals surface area contributed by atoms with Crippen LogP contribution in [0.4, 0.5) is 5.82 Å². The molecular formula is C24H25ClN6O2S. The van der Waals surface area contributed by atoms with Gasteiger partial charge in [-0.15, -0.1) is 0 Å². The van der Waals surface area contributed by atoms with Crippen LogP contribution < -0.4 is 5.32 Å². The molecule has 34 heavy (non-hydrogen) atoms. The van der Waals surface area contributed by atoms with Crippen molar-refractivity contribution in [3.05, 3.63) is 66.2 Å². The van der Waals surface area contributed by atoms with Crippen molar-refractivity contribution in [3.63, 3.8) is 0 Å². The highest BCUT2D eigenvalue weighted by molar-refractivity contribution is 7.90. The second-order valence-electron chi connectivity index (χ2n) is 8.60. The van der Waals surface area contributed by atoms with Gasteiger partial charge in [0.25, 0.3) is 10.0 Å². The number of fused-ring (bicyclic) bond motifs is 1. The minimum Gasteiger partial charge on any atom is -0.370 e. The van der Waals surface area contributed by atoms with E-state index in [0.717, 1.165) is 25.2 Å². The summed E-state index contributed by atoms with van der Waals surface area (Å²) in [6.07, 6.45) is 6.94. The lowest BCUT2D eigenvalue weighted by Gasteiger charge is -2.29. The van der Waals surface area contributed by atoms with Crippen LogP contribution in [0, 0.1) is 5.92 Å². The van der Waals surface area contributed by atoms with Gasteiger partial charge in [-0.2, -0.15) is 0 Å². The highest BCUT2D eigenvalue weighted by Crippen LogP contribution is 2.33. The van der Waals surface area contributed by atoms with Crippen LogP contribution in [0.3, 0.4) is 0 Å². The van der Waals surface area contributed by atoms with Gasteiger partial charge in [0.1, 0.15) is 16.5 Å². The molecular weight excluding hydrogens is 472 g/mol. The average molecular weight is 497 g/mol. The van der Waals surface area contributed by atoms with Gasteiger partial charge in [0, 0.05) is 37.2 Å². The summed E-state index contributed by atoms with van der Waals surface area (Å²) in [6.45, 7) is 2.97. The number of anilines is 1. The van der Waals surface area contributed by atoms with Crippen LogP contribution in [-0.2, 0) is 10.0 Å². The molecule has 4 heterocycles. The summed E-state index contributed by atoms with van der Waals surface area (Å²) in [5.41, 5.74) is 2.07. The fraction of sp³-hybridized carbons (Fsp3) is 0.292. The Morgan fingerprint density at radius 1 is 1.15 bits per heavy atom. The Balaban J connectivity index is 1.52. The molecule has 176 valence electrons. The highest BCUT2D eigenvalue weighted by Gasteiger charge is 2.24. The molecule has 3 aromatic heterocycles. The van der Waals surface area contributed by atoms with Crippen molar-refractivity contribution >= 4 is 38.6 Å². The number of benzene rings is 1. The number of rotatable bonds is 6. The van der Waals surface area contributed by atoms with Crippen LogP contribution in [-0.4, -0.2) is 58.9 Å². The van der Waals surface area contributed by atoms with Crippen molar-refractivity contribution in [2.45, 2.75) is 17.7 Å². The zero-order valence-corrected chi connectivity index (χ0v) is 20.3. The molecule has 1 N–H and O–H groups in total. The van der Waals surface area contributed by atoms with Gasteiger partial charge in [0.2, 0.25) is 0 Å². The molecule has 0 bridgehead atoms. The quantitative estimate of drug-likeness (QED) is 0.401. The van der Waals surface area contributed by atoms with Crippen molar-refractivity contribution in [2.75, 3.05) is 32.0 Å². The van der Waals surface area contributed by atoms with E-state index in [1.807, 2.05) is 6.07 Å². The first-order chi connectivity index (χ1) is 16.4. The summed E-state index contributed by atoms with van der Waals surface area (Å²) in [6, 6.07) is 11.9. The maximum Gasteiger partial charge on any atom is 0.269 e. The third-order valence-electron chi connectivity index (χ3n) is 6.09. The van der Waals surface area contributed by atoms with Gasteiger partial charge in [-0.3, -0.25) is 4.98 Å². The Bertz CT molecular complexity index is 1420. The topological polar surface area (TPSA) is 93.0 Å². The highest BCUT2D eigenvalue weighted by atomic mass is 35.5. The van der Waals surface area contributed by atoms with Crippen LogP contribution in [0.15, 0.2) is 66.0 Å². The lowest BCUT2D eigenvalue weighted by molar-refractivity contribution is 0.217. The number of hydrogen-bond acceptors (Lipinski definition) is 7. The van der Waals surface area contributed by atoms with Gasteiger partial charge in [-0.1, -0.05) is 29.8 Å². The zero-order valence-electron chi connectivity index (χ0n) is 18.7. The Morgan fingerprint density at radius 2 is 1.94 bits per heavy atom. The van der Waals surface area contributed by atoms with E-state index >= 15 is 0 Å². The third kappa shape index (κ3) is 4.51. The van der Waals surface area contributed by atoms with Crippen molar-refractivity contribution < 1.29 is 8.42 Å². The van der Waals surface area contributed by atoms with E-state index in [1.54, 1.807) is 48.8 Å². The number of nitrogens with one attached hydrogen (secondary N) is 1. The second kappa shape index (κ2) is 9.32. The van der Waals surface area contributed by atoms with E-state index in [4.69, 9.17) is 11.6 Å². The van der Waals surface area contributed by atoms with Gasteiger partial charge in [-0.25, -0.2) is 22.4 Å². The van der Waals surface area contributed by atoms with E-state index < -0.39 is 10.0 Å². The minimum atomic E-state index is -3.86. The molecule has 1 saturated heterocycles. The van der Waals surface area contributed by atoms with Gasteiger partial charge >= 0.3 is 0 Å². The van der Waals surface area contributed by atoms with Crippen LogP contribution in [0.1, 0.15) is 12.8 Å². The second-order valence-corrected chi connectivity index (χ2v) is 10.8. The van der Waals surface area contributed by atoms with Crippen molar-refractivity contribution in [1.29, 1.82) is 0 Å². The van der Waals surface area contributed by atoms with E-state index in [2.05, 4.69) is 32.2 Å². The number of piperidine rings is 1. The molecule has 0 spiro atoms. The summed E-state index contributed by atoms with van der Waals surface area (Å²) >= 11 is 6.37. The fourth-order valence-electron chi connectivity index (χ4n) is 4.45. The van der Waals surface area contributed by atoms with Crippen molar-refractivity contribution in [2.24, 2.45) is 5.92 Å². The summed E-state index contributed by atoms with van der Waals surface area (Å²) in [4.78, 5) is 15.7.